The Morgan fingerprint density at radius 2 is 2.08 bits per heavy atom. The SMILES string of the molecule is Cc1cnccc1C(=O)N1CC[C@@H](Oc2cccnc2)[C@H](CC(N)=O)C1. The minimum Gasteiger partial charge on any atom is -0.488 e. The Labute approximate surface area is 152 Å². The molecule has 3 heterocycles. The van der Waals surface area contributed by atoms with Gasteiger partial charge in [-0.2, -0.15) is 0 Å². The van der Waals surface area contributed by atoms with Crippen molar-refractivity contribution in [2.45, 2.75) is 25.9 Å². The maximum Gasteiger partial charge on any atom is 0.254 e. The first-order chi connectivity index (χ1) is 12.5. The number of nitrogens with two attached hydrogens (primary N) is 1. The topological polar surface area (TPSA) is 98.4 Å². The molecule has 2 aromatic heterocycles. The molecule has 26 heavy (non-hydrogen) atoms. The van der Waals surface area contributed by atoms with Crippen LogP contribution in [-0.4, -0.2) is 45.9 Å². The molecule has 0 radical (unpaired) electrons. The summed E-state index contributed by atoms with van der Waals surface area (Å²) < 4.78 is 6.01. The molecule has 7 heteroatoms. The van der Waals surface area contributed by atoms with Crippen molar-refractivity contribution >= 4 is 11.8 Å². The number of aromatic nitrogens is 2. The standard InChI is InChI=1S/C19H22N4O3/c1-13-10-22-7-4-16(13)19(25)23-8-5-17(14(12-23)9-18(20)24)26-15-3-2-6-21-11-15/h2-4,6-7,10-11,14,17H,5,8-9,12H2,1H3,(H2,20,24)/t14-,17-/m1/s1. The summed E-state index contributed by atoms with van der Waals surface area (Å²) >= 11 is 0. The summed E-state index contributed by atoms with van der Waals surface area (Å²) in [6, 6.07) is 5.34. The fourth-order valence-corrected chi connectivity index (χ4v) is 3.28. The zero-order valence-electron chi connectivity index (χ0n) is 14.7. The molecule has 1 aliphatic heterocycles. The van der Waals surface area contributed by atoms with Gasteiger partial charge in [-0.15, -0.1) is 0 Å². The van der Waals surface area contributed by atoms with Crippen molar-refractivity contribution < 1.29 is 14.3 Å². The second kappa shape index (κ2) is 7.95. The first kappa shape index (κ1) is 17.8. The average Bonchev–Trinajstić information content (AvgIpc) is 2.63. The Morgan fingerprint density at radius 1 is 1.27 bits per heavy atom. The number of amides is 2. The van der Waals surface area contributed by atoms with Gasteiger partial charge in [0, 0.05) is 56.0 Å². The van der Waals surface area contributed by atoms with Crippen molar-refractivity contribution in [2.24, 2.45) is 11.7 Å². The van der Waals surface area contributed by atoms with Gasteiger partial charge in [0.15, 0.2) is 0 Å². The van der Waals surface area contributed by atoms with Gasteiger partial charge in [0.1, 0.15) is 11.9 Å². The van der Waals surface area contributed by atoms with E-state index in [0.717, 1.165) is 5.56 Å². The highest BCUT2D eigenvalue weighted by molar-refractivity contribution is 5.95. The molecule has 0 aliphatic carbocycles. The fraction of sp³-hybridized carbons (Fsp3) is 0.368. The summed E-state index contributed by atoms with van der Waals surface area (Å²) in [4.78, 5) is 34.2. The molecule has 2 atom stereocenters. The molecule has 0 spiro atoms. The first-order valence-electron chi connectivity index (χ1n) is 8.59. The Morgan fingerprint density at radius 3 is 2.77 bits per heavy atom. The van der Waals surface area contributed by atoms with E-state index in [9.17, 15) is 9.59 Å². The molecule has 0 aromatic carbocycles. The third-order valence-corrected chi connectivity index (χ3v) is 4.59. The summed E-state index contributed by atoms with van der Waals surface area (Å²) in [7, 11) is 0. The maximum absolute atomic E-state index is 12.8. The number of primary amides is 1. The summed E-state index contributed by atoms with van der Waals surface area (Å²) in [5, 5.41) is 0. The predicted octanol–water partition coefficient (Wildman–Crippen LogP) is 1.57. The molecular weight excluding hydrogens is 332 g/mol. The van der Waals surface area contributed by atoms with E-state index in [-0.39, 0.29) is 24.3 Å². The molecule has 1 saturated heterocycles. The number of aryl methyl sites for hydroxylation is 1. The van der Waals surface area contributed by atoms with E-state index in [1.165, 1.54) is 0 Å². The third-order valence-electron chi connectivity index (χ3n) is 4.59. The van der Waals surface area contributed by atoms with Gasteiger partial charge in [0.25, 0.3) is 5.91 Å². The largest absolute Gasteiger partial charge is 0.488 e. The lowest BCUT2D eigenvalue weighted by Gasteiger charge is -2.38. The fourth-order valence-electron chi connectivity index (χ4n) is 3.28. The van der Waals surface area contributed by atoms with Crippen molar-refractivity contribution in [1.82, 2.24) is 14.9 Å². The molecule has 7 nitrogen and oxygen atoms in total. The predicted molar refractivity (Wildman–Crippen MR) is 95.4 cm³/mol. The van der Waals surface area contributed by atoms with Gasteiger partial charge in [-0.25, -0.2) is 0 Å². The number of hydrogen-bond acceptors (Lipinski definition) is 5. The molecule has 0 unspecified atom stereocenters. The molecule has 1 fully saturated rings. The van der Waals surface area contributed by atoms with Crippen LogP contribution in [0.2, 0.25) is 0 Å². The van der Waals surface area contributed by atoms with Gasteiger partial charge >= 0.3 is 0 Å². The summed E-state index contributed by atoms with van der Waals surface area (Å²) in [5.41, 5.74) is 6.88. The van der Waals surface area contributed by atoms with Crippen LogP contribution in [0.25, 0.3) is 0 Å². The normalized spacial score (nSPS) is 19.8. The number of ether oxygens (including phenoxy) is 1. The Bertz CT molecular complexity index is 781. The first-order valence-corrected chi connectivity index (χ1v) is 8.59. The summed E-state index contributed by atoms with van der Waals surface area (Å²) in [6.07, 6.45) is 7.21. The highest BCUT2D eigenvalue weighted by Crippen LogP contribution is 2.26. The van der Waals surface area contributed by atoms with Crippen molar-refractivity contribution in [3.8, 4) is 5.75 Å². The highest BCUT2D eigenvalue weighted by atomic mass is 16.5. The van der Waals surface area contributed by atoms with Gasteiger partial charge in [-0.3, -0.25) is 19.6 Å². The summed E-state index contributed by atoms with van der Waals surface area (Å²) in [5.74, 6) is 0.0349. The zero-order chi connectivity index (χ0) is 18.5. The number of pyridine rings is 2. The van der Waals surface area contributed by atoms with E-state index < -0.39 is 5.91 Å². The quantitative estimate of drug-likeness (QED) is 0.879. The molecular formula is C19H22N4O3. The van der Waals surface area contributed by atoms with Crippen LogP contribution in [0.4, 0.5) is 0 Å². The molecule has 2 amide bonds. The van der Waals surface area contributed by atoms with Gasteiger partial charge in [-0.1, -0.05) is 0 Å². The summed E-state index contributed by atoms with van der Waals surface area (Å²) in [6.45, 7) is 2.84. The van der Waals surface area contributed by atoms with Crippen LogP contribution >= 0.6 is 0 Å². The monoisotopic (exact) mass is 354 g/mol. The van der Waals surface area contributed by atoms with Crippen LogP contribution in [0, 0.1) is 12.8 Å². The van der Waals surface area contributed by atoms with E-state index in [2.05, 4.69) is 9.97 Å². The third kappa shape index (κ3) is 4.17. The number of carbonyl (C=O) groups excluding carboxylic acids is 2. The van der Waals surface area contributed by atoms with Crippen molar-refractivity contribution in [1.29, 1.82) is 0 Å². The number of carbonyl (C=O) groups is 2. The molecule has 2 aromatic rings. The van der Waals surface area contributed by atoms with Gasteiger partial charge in [-0.05, 0) is 30.7 Å². The van der Waals surface area contributed by atoms with Crippen LogP contribution in [0.1, 0.15) is 28.8 Å². The Kier molecular flexibility index (Phi) is 5.46. The molecule has 136 valence electrons. The second-order valence-electron chi connectivity index (χ2n) is 6.51. The van der Waals surface area contributed by atoms with Crippen molar-refractivity contribution in [3.63, 3.8) is 0 Å². The minimum absolute atomic E-state index is 0.0563. The van der Waals surface area contributed by atoms with Gasteiger partial charge in [0.2, 0.25) is 5.91 Å². The molecule has 0 bridgehead atoms. The van der Waals surface area contributed by atoms with Crippen LogP contribution in [0.5, 0.6) is 5.75 Å². The van der Waals surface area contributed by atoms with Crippen LogP contribution in [0.15, 0.2) is 43.0 Å². The Hall–Kier alpha value is -2.96. The number of piperidine rings is 1. The molecule has 1 aliphatic rings. The van der Waals surface area contributed by atoms with Crippen molar-refractivity contribution in [3.05, 3.63) is 54.1 Å². The van der Waals surface area contributed by atoms with Gasteiger partial charge < -0.3 is 15.4 Å². The van der Waals surface area contributed by atoms with E-state index >= 15 is 0 Å². The lowest BCUT2D eigenvalue weighted by atomic mass is 9.90. The second-order valence-corrected chi connectivity index (χ2v) is 6.51. The smallest absolute Gasteiger partial charge is 0.254 e. The number of nitrogens with zero attached hydrogens (tertiary/aromatic N) is 3. The van der Waals surface area contributed by atoms with Gasteiger partial charge in [0.05, 0.1) is 6.20 Å². The molecule has 0 saturated carbocycles. The highest BCUT2D eigenvalue weighted by Gasteiger charge is 2.34. The molecule has 3 rings (SSSR count). The minimum atomic E-state index is -0.399. The zero-order valence-corrected chi connectivity index (χ0v) is 14.7. The van der Waals surface area contributed by atoms with Crippen LogP contribution in [0.3, 0.4) is 0 Å². The van der Waals surface area contributed by atoms with Crippen LogP contribution in [-0.2, 0) is 4.79 Å². The average molecular weight is 354 g/mol. The maximum atomic E-state index is 12.8. The van der Waals surface area contributed by atoms with E-state index in [1.54, 1.807) is 41.8 Å². The number of hydrogen-bond donors (Lipinski definition) is 1. The van der Waals surface area contributed by atoms with E-state index in [1.807, 2.05) is 13.0 Å². The number of likely N-dealkylation sites (tertiary alicyclic amines) is 1. The van der Waals surface area contributed by atoms with Crippen LogP contribution < -0.4 is 10.5 Å². The van der Waals surface area contributed by atoms with E-state index in [0.29, 0.717) is 30.8 Å². The lowest BCUT2D eigenvalue weighted by molar-refractivity contribution is -0.120. The Balaban J connectivity index is 1.74. The number of rotatable bonds is 5. The van der Waals surface area contributed by atoms with E-state index in [4.69, 9.17) is 10.5 Å². The lowest BCUT2D eigenvalue weighted by Crippen LogP contribution is -2.49. The van der Waals surface area contributed by atoms with Crippen molar-refractivity contribution in [2.75, 3.05) is 13.1 Å². The molecule has 2 N–H and O–H groups in total.